The number of rotatable bonds is 4. The second kappa shape index (κ2) is 6.93. The van der Waals surface area contributed by atoms with Gasteiger partial charge in [-0.05, 0) is 97.9 Å². The summed E-state index contributed by atoms with van der Waals surface area (Å²) in [7, 11) is 0. The first kappa shape index (κ1) is 17.8. The third kappa shape index (κ3) is 3.45. The molecule has 1 aliphatic heterocycles. The van der Waals surface area contributed by atoms with Crippen molar-refractivity contribution in [2.75, 3.05) is 19.6 Å². The van der Waals surface area contributed by atoms with Crippen molar-refractivity contribution in [2.24, 2.45) is 23.2 Å². The molecule has 4 fully saturated rings. The van der Waals surface area contributed by atoms with E-state index < -0.39 is 0 Å². The molecule has 1 heterocycles. The molecule has 4 aliphatic carbocycles. The van der Waals surface area contributed by atoms with Crippen molar-refractivity contribution < 1.29 is 4.79 Å². The van der Waals surface area contributed by atoms with Gasteiger partial charge in [-0.25, -0.2) is 0 Å². The highest BCUT2D eigenvalue weighted by atomic mass is 35.5. The lowest BCUT2D eigenvalue weighted by Crippen LogP contribution is -2.51. The summed E-state index contributed by atoms with van der Waals surface area (Å²) in [6.07, 6.45) is 11.5. The minimum absolute atomic E-state index is 0.00729. The summed E-state index contributed by atoms with van der Waals surface area (Å²) in [5.41, 5.74) is 3.41. The van der Waals surface area contributed by atoms with E-state index in [4.69, 9.17) is 11.6 Å². The molecule has 0 spiro atoms. The largest absolute Gasteiger partial charge is 0.351 e. The molecule has 1 amide bonds. The van der Waals surface area contributed by atoms with Gasteiger partial charge < -0.3 is 10.6 Å². The quantitative estimate of drug-likeness (QED) is 0.792. The number of carbonyl (C=O) groups is 1. The van der Waals surface area contributed by atoms with Gasteiger partial charge in [-0.15, -0.1) is 0 Å². The molecule has 3 nitrogen and oxygen atoms in total. The van der Waals surface area contributed by atoms with Gasteiger partial charge in [0.05, 0.1) is 10.6 Å². The van der Waals surface area contributed by atoms with E-state index >= 15 is 0 Å². The topological polar surface area (TPSA) is 41.1 Å². The first-order chi connectivity index (χ1) is 13.1. The molecule has 0 atom stereocenters. The van der Waals surface area contributed by atoms with Crippen LogP contribution in [-0.2, 0) is 0 Å². The van der Waals surface area contributed by atoms with E-state index in [-0.39, 0.29) is 5.91 Å². The predicted octanol–water partition coefficient (Wildman–Crippen LogP) is 4.66. The number of halogens is 1. The van der Waals surface area contributed by atoms with Gasteiger partial charge in [-0.2, -0.15) is 0 Å². The zero-order chi connectivity index (χ0) is 18.4. The van der Waals surface area contributed by atoms with Gasteiger partial charge in [-0.3, -0.25) is 4.79 Å². The van der Waals surface area contributed by atoms with Gasteiger partial charge in [0.15, 0.2) is 0 Å². The van der Waals surface area contributed by atoms with Crippen LogP contribution in [0, 0.1) is 23.2 Å². The number of carbonyl (C=O) groups excluding carboxylic acids is 1. The van der Waals surface area contributed by atoms with E-state index in [0.717, 1.165) is 49.4 Å². The van der Waals surface area contributed by atoms with Gasteiger partial charge >= 0.3 is 0 Å². The molecule has 4 saturated carbocycles. The van der Waals surface area contributed by atoms with E-state index in [1.54, 1.807) is 0 Å². The fraction of sp³-hybridized carbons (Fsp3) is 0.609. The van der Waals surface area contributed by atoms with Crippen molar-refractivity contribution in [1.82, 2.24) is 10.6 Å². The lowest BCUT2D eigenvalue weighted by Gasteiger charge is -2.56. The van der Waals surface area contributed by atoms with Crippen LogP contribution in [0.3, 0.4) is 0 Å². The molecule has 4 heteroatoms. The van der Waals surface area contributed by atoms with Crippen LogP contribution in [-0.4, -0.2) is 25.5 Å². The molecule has 5 aliphatic rings. The smallest absolute Gasteiger partial charge is 0.252 e. The Morgan fingerprint density at radius 3 is 2.48 bits per heavy atom. The lowest BCUT2D eigenvalue weighted by molar-refractivity contribution is -0.0503. The fourth-order valence-corrected chi connectivity index (χ4v) is 6.86. The highest BCUT2D eigenvalue weighted by Gasteiger charge is 2.50. The Bertz CT molecular complexity index is 749. The summed E-state index contributed by atoms with van der Waals surface area (Å²) in [5, 5.41) is 7.16. The fourth-order valence-electron chi connectivity index (χ4n) is 6.65. The van der Waals surface area contributed by atoms with Crippen molar-refractivity contribution in [2.45, 2.75) is 44.9 Å². The number of nitrogens with one attached hydrogen (secondary N) is 2. The molecule has 1 aromatic rings. The van der Waals surface area contributed by atoms with Crippen molar-refractivity contribution >= 4 is 23.1 Å². The molecule has 4 bridgehead atoms. The van der Waals surface area contributed by atoms with Crippen LogP contribution < -0.4 is 10.6 Å². The molecule has 144 valence electrons. The van der Waals surface area contributed by atoms with E-state index in [9.17, 15) is 4.79 Å². The number of hydrogen-bond donors (Lipinski definition) is 2. The average molecular weight is 385 g/mol. The Hall–Kier alpha value is -1.32. The van der Waals surface area contributed by atoms with Crippen LogP contribution in [0.4, 0.5) is 0 Å². The van der Waals surface area contributed by atoms with Crippen LogP contribution in [0.15, 0.2) is 24.3 Å². The first-order valence-corrected chi connectivity index (χ1v) is 11.0. The Morgan fingerprint density at radius 1 is 1.15 bits per heavy atom. The van der Waals surface area contributed by atoms with Crippen LogP contribution in [0.1, 0.15) is 60.9 Å². The number of benzene rings is 1. The molecule has 0 radical (unpaired) electrons. The average Bonchev–Trinajstić information content (AvgIpc) is 2.66. The zero-order valence-electron chi connectivity index (χ0n) is 15.9. The van der Waals surface area contributed by atoms with Gasteiger partial charge in [0.25, 0.3) is 5.91 Å². The zero-order valence-corrected chi connectivity index (χ0v) is 16.7. The summed E-state index contributed by atoms with van der Waals surface area (Å²) in [4.78, 5) is 13.0. The number of amides is 1. The highest BCUT2D eigenvalue weighted by Crippen LogP contribution is 2.59. The van der Waals surface area contributed by atoms with E-state index in [1.807, 2.05) is 18.2 Å². The lowest BCUT2D eigenvalue weighted by atomic mass is 9.49. The summed E-state index contributed by atoms with van der Waals surface area (Å²) in [5.74, 6) is 2.72. The molecule has 0 aromatic heterocycles. The van der Waals surface area contributed by atoms with E-state index in [2.05, 4.69) is 16.7 Å². The molecular weight excluding hydrogens is 356 g/mol. The maximum atomic E-state index is 13.0. The van der Waals surface area contributed by atoms with Crippen molar-refractivity contribution in [3.8, 4) is 0 Å². The van der Waals surface area contributed by atoms with Crippen molar-refractivity contribution in [3.05, 3.63) is 40.4 Å². The van der Waals surface area contributed by atoms with Gasteiger partial charge in [0, 0.05) is 13.1 Å². The highest BCUT2D eigenvalue weighted by molar-refractivity contribution is 6.33. The monoisotopic (exact) mass is 384 g/mol. The molecular formula is C23H29ClN2O. The number of hydrogen-bond acceptors (Lipinski definition) is 2. The summed E-state index contributed by atoms with van der Waals surface area (Å²) in [6.45, 7) is 2.70. The Morgan fingerprint density at radius 2 is 1.85 bits per heavy atom. The van der Waals surface area contributed by atoms with E-state index in [1.165, 1.54) is 44.1 Å². The Labute approximate surface area is 166 Å². The minimum atomic E-state index is -0.00729. The van der Waals surface area contributed by atoms with Gasteiger partial charge in [0.1, 0.15) is 0 Å². The van der Waals surface area contributed by atoms with Crippen LogP contribution in [0.2, 0.25) is 5.02 Å². The molecule has 6 rings (SSSR count). The molecule has 1 aromatic carbocycles. The predicted molar refractivity (Wildman–Crippen MR) is 110 cm³/mol. The third-order valence-corrected chi connectivity index (χ3v) is 7.76. The first-order valence-electron chi connectivity index (χ1n) is 10.6. The van der Waals surface area contributed by atoms with Crippen molar-refractivity contribution in [3.63, 3.8) is 0 Å². The molecule has 0 saturated heterocycles. The summed E-state index contributed by atoms with van der Waals surface area (Å²) < 4.78 is 0. The molecule has 0 unspecified atom stereocenters. The second-order valence-electron chi connectivity index (χ2n) is 9.48. The van der Waals surface area contributed by atoms with Crippen LogP contribution >= 0.6 is 11.6 Å². The van der Waals surface area contributed by atoms with Gasteiger partial charge in [-0.1, -0.05) is 23.7 Å². The molecule has 27 heavy (non-hydrogen) atoms. The minimum Gasteiger partial charge on any atom is -0.351 e. The Balaban J connectivity index is 1.30. The van der Waals surface area contributed by atoms with Crippen LogP contribution in [0.5, 0.6) is 0 Å². The SMILES string of the molecule is O=C(NCC12CC3CC(CC(C3)C1)C2)c1cc(C2=CCNCC2)ccc1Cl. The Kier molecular flexibility index (Phi) is 4.56. The summed E-state index contributed by atoms with van der Waals surface area (Å²) in [6, 6.07) is 5.89. The van der Waals surface area contributed by atoms with Crippen molar-refractivity contribution in [1.29, 1.82) is 0 Å². The van der Waals surface area contributed by atoms with Crippen LogP contribution in [0.25, 0.3) is 5.57 Å². The normalized spacial score (nSPS) is 34.4. The third-order valence-electron chi connectivity index (χ3n) is 7.43. The van der Waals surface area contributed by atoms with Gasteiger partial charge in [0.2, 0.25) is 0 Å². The summed E-state index contributed by atoms with van der Waals surface area (Å²) >= 11 is 6.39. The standard InChI is InChI=1S/C23H29ClN2O/c24-21-2-1-19(18-3-5-25-6-4-18)10-20(21)22(27)26-14-23-11-15-7-16(12-23)9-17(8-15)13-23/h1-3,10,15-17,25H,4-9,11-14H2,(H,26,27). The van der Waals surface area contributed by atoms with E-state index in [0.29, 0.717) is 16.0 Å². The maximum Gasteiger partial charge on any atom is 0.252 e. The molecule has 2 N–H and O–H groups in total. The maximum absolute atomic E-state index is 13.0. The second-order valence-corrected chi connectivity index (χ2v) is 9.89.